The van der Waals surface area contributed by atoms with Gasteiger partial charge in [-0.15, -0.1) is 0 Å². The SMILES string of the molecule is CCCNC(Cc1cccc(Cl)c1Cl)c1ccc(Br)cn1. The van der Waals surface area contributed by atoms with Gasteiger partial charge in [-0.2, -0.15) is 0 Å². The molecule has 1 aromatic heterocycles. The summed E-state index contributed by atoms with van der Waals surface area (Å²) in [5.41, 5.74) is 2.03. The van der Waals surface area contributed by atoms with Gasteiger partial charge in [0.1, 0.15) is 0 Å². The summed E-state index contributed by atoms with van der Waals surface area (Å²) >= 11 is 15.8. The third-order valence-corrected chi connectivity index (χ3v) is 4.53. The summed E-state index contributed by atoms with van der Waals surface area (Å²) in [7, 11) is 0. The van der Waals surface area contributed by atoms with Crippen LogP contribution in [-0.2, 0) is 6.42 Å². The average molecular weight is 388 g/mol. The van der Waals surface area contributed by atoms with Gasteiger partial charge in [0.2, 0.25) is 0 Å². The Kier molecular flexibility index (Phi) is 6.49. The van der Waals surface area contributed by atoms with Crippen LogP contribution in [0.15, 0.2) is 41.0 Å². The van der Waals surface area contributed by atoms with Crippen molar-refractivity contribution < 1.29 is 0 Å². The van der Waals surface area contributed by atoms with Crippen LogP contribution in [0.2, 0.25) is 10.0 Å². The molecule has 0 aliphatic rings. The zero-order valence-electron chi connectivity index (χ0n) is 11.7. The van der Waals surface area contributed by atoms with Crippen LogP contribution in [0.1, 0.15) is 30.6 Å². The topological polar surface area (TPSA) is 24.9 Å². The van der Waals surface area contributed by atoms with Crippen LogP contribution in [0.3, 0.4) is 0 Å². The van der Waals surface area contributed by atoms with Gasteiger partial charge in [-0.25, -0.2) is 0 Å². The first-order valence-electron chi connectivity index (χ1n) is 6.89. The van der Waals surface area contributed by atoms with E-state index in [1.54, 1.807) is 6.07 Å². The third kappa shape index (κ3) is 4.68. The molecule has 0 saturated carbocycles. The molecule has 21 heavy (non-hydrogen) atoms. The van der Waals surface area contributed by atoms with Crippen molar-refractivity contribution in [2.75, 3.05) is 6.54 Å². The normalized spacial score (nSPS) is 12.4. The Morgan fingerprint density at radius 1 is 1.24 bits per heavy atom. The van der Waals surface area contributed by atoms with Crippen molar-refractivity contribution in [2.24, 2.45) is 0 Å². The Labute approximate surface area is 144 Å². The van der Waals surface area contributed by atoms with Crippen molar-refractivity contribution in [1.82, 2.24) is 10.3 Å². The van der Waals surface area contributed by atoms with Gasteiger partial charge < -0.3 is 5.32 Å². The highest BCUT2D eigenvalue weighted by Gasteiger charge is 2.15. The summed E-state index contributed by atoms with van der Waals surface area (Å²) in [4.78, 5) is 4.49. The van der Waals surface area contributed by atoms with Gasteiger partial charge in [0.15, 0.2) is 0 Å². The minimum atomic E-state index is 0.119. The van der Waals surface area contributed by atoms with Crippen molar-refractivity contribution in [3.8, 4) is 0 Å². The molecule has 0 saturated heterocycles. The first-order chi connectivity index (χ1) is 10.1. The number of pyridine rings is 1. The Morgan fingerprint density at radius 3 is 2.71 bits per heavy atom. The maximum atomic E-state index is 6.30. The molecule has 1 heterocycles. The quantitative estimate of drug-likeness (QED) is 0.714. The van der Waals surface area contributed by atoms with Gasteiger partial charge in [0, 0.05) is 10.7 Å². The minimum Gasteiger partial charge on any atom is -0.308 e. The van der Waals surface area contributed by atoms with Crippen molar-refractivity contribution in [3.05, 3.63) is 62.3 Å². The monoisotopic (exact) mass is 386 g/mol. The van der Waals surface area contributed by atoms with Crippen LogP contribution >= 0.6 is 39.1 Å². The predicted molar refractivity (Wildman–Crippen MR) is 93.1 cm³/mol. The number of hydrogen-bond acceptors (Lipinski definition) is 2. The zero-order chi connectivity index (χ0) is 15.2. The van der Waals surface area contributed by atoms with Gasteiger partial charge >= 0.3 is 0 Å². The maximum Gasteiger partial charge on any atom is 0.0625 e. The Hall–Kier alpha value is -0.610. The number of nitrogens with zero attached hydrogens (tertiary/aromatic N) is 1. The van der Waals surface area contributed by atoms with Crippen LogP contribution in [0.5, 0.6) is 0 Å². The predicted octanol–water partition coefficient (Wildman–Crippen LogP) is 5.43. The van der Waals surface area contributed by atoms with Gasteiger partial charge in [-0.3, -0.25) is 4.98 Å². The molecule has 1 atom stereocenters. The second kappa shape index (κ2) is 8.14. The van der Waals surface area contributed by atoms with Gasteiger partial charge in [0.05, 0.1) is 21.8 Å². The first kappa shape index (κ1) is 16.8. The molecule has 0 fully saturated rings. The smallest absolute Gasteiger partial charge is 0.0625 e. The van der Waals surface area contributed by atoms with Crippen molar-refractivity contribution >= 4 is 39.1 Å². The molecule has 0 aliphatic heterocycles. The number of benzene rings is 1. The van der Waals surface area contributed by atoms with E-state index in [0.717, 1.165) is 35.1 Å². The molecule has 1 aromatic carbocycles. The summed E-state index contributed by atoms with van der Waals surface area (Å²) in [6.45, 7) is 3.08. The molecule has 0 aliphatic carbocycles. The summed E-state index contributed by atoms with van der Waals surface area (Å²) in [6.07, 6.45) is 3.64. The van der Waals surface area contributed by atoms with E-state index in [2.05, 4.69) is 33.2 Å². The van der Waals surface area contributed by atoms with E-state index in [1.165, 1.54) is 0 Å². The molecule has 0 spiro atoms. The Morgan fingerprint density at radius 2 is 2.05 bits per heavy atom. The summed E-state index contributed by atoms with van der Waals surface area (Å²) in [6, 6.07) is 9.88. The van der Waals surface area contributed by atoms with Crippen LogP contribution in [0.4, 0.5) is 0 Å². The summed E-state index contributed by atoms with van der Waals surface area (Å²) < 4.78 is 0.973. The van der Waals surface area contributed by atoms with Crippen LogP contribution in [0, 0.1) is 0 Å². The Balaban J connectivity index is 2.23. The molecule has 2 aromatic rings. The molecule has 5 heteroatoms. The molecule has 0 amide bonds. The first-order valence-corrected chi connectivity index (χ1v) is 8.44. The lowest BCUT2D eigenvalue weighted by molar-refractivity contribution is 0.518. The lowest BCUT2D eigenvalue weighted by atomic mass is 10.0. The molecule has 0 radical (unpaired) electrons. The number of halogens is 3. The highest BCUT2D eigenvalue weighted by molar-refractivity contribution is 9.10. The van der Waals surface area contributed by atoms with E-state index in [9.17, 15) is 0 Å². The fourth-order valence-electron chi connectivity index (χ4n) is 2.12. The van der Waals surface area contributed by atoms with Gasteiger partial charge in [-0.1, -0.05) is 42.3 Å². The molecule has 2 nitrogen and oxygen atoms in total. The van der Waals surface area contributed by atoms with Crippen LogP contribution < -0.4 is 5.32 Å². The summed E-state index contributed by atoms with van der Waals surface area (Å²) in [5, 5.41) is 4.74. The molecule has 112 valence electrons. The second-order valence-corrected chi connectivity index (χ2v) is 6.53. The number of rotatable bonds is 6. The lowest BCUT2D eigenvalue weighted by Gasteiger charge is -2.19. The number of nitrogens with one attached hydrogen (secondary N) is 1. The molecule has 2 rings (SSSR count). The molecular weight excluding hydrogens is 371 g/mol. The Bertz CT molecular complexity index is 587. The molecule has 0 bridgehead atoms. The fourth-order valence-corrected chi connectivity index (χ4v) is 2.75. The highest BCUT2D eigenvalue weighted by Crippen LogP contribution is 2.29. The van der Waals surface area contributed by atoms with E-state index >= 15 is 0 Å². The molecule has 1 unspecified atom stereocenters. The van der Waals surface area contributed by atoms with E-state index < -0.39 is 0 Å². The van der Waals surface area contributed by atoms with Gasteiger partial charge in [-0.05, 0) is 59.1 Å². The summed E-state index contributed by atoms with van der Waals surface area (Å²) in [5.74, 6) is 0. The highest BCUT2D eigenvalue weighted by atomic mass is 79.9. The van der Waals surface area contributed by atoms with Crippen molar-refractivity contribution in [3.63, 3.8) is 0 Å². The van der Waals surface area contributed by atoms with E-state index in [0.29, 0.717) is 10.0 Å². The molecule has 1 N–H and O–H groups in total. The second-order valence-electron chi connectivity index (χ2n) is 4.83. The van der Waals surface area contributed by atoms with Crippen molar-refractivity contribution in [2.45, 2.75) is 25.8 Å². The largest absolute Gasteiger partial charge is 0.308 e. The number of aromatic nitrogens is 1. The number of hydrogen-bond donors (Lipinski definition) is 1. The molecular formula is C16H17BrCl2N2. The van der Waals surface area contributed by atoms with Crippen LogP contribution in [0.25, 0.3) is 0 Å². The zero-order valence-corrected chi connectivity index (χ0v) is 14.8. The lowest BCUT2D eigenvalue weighted by Crippen LogP contribution is -2.25. The van der Waals surface area contributed by atoms with Crippen molar-refractivity contribution in [1.29, 1.82) is 0 Å². The van der Waals surface area contributed by atoms with E-state index in [-0.39, 0.29) is 6.04 Å². The van der Waals surface area contributed by atoms with Gasteiger partial charge in [0.25, 0.3) is 0 Å². The maximum absolute atomic E-state index is 6.30. The van der Waals surface area contributed by atoms with Crippen LogP contribution in [-0.4, -0.2) is 11.5 Å². The van der Waals surface area contributed by atoms with E-state index in [4.69, 9.17) is 23.2 Å². The van der Waals surface area contributed by atoms with E-state index in [1.807, 2.05) is 30.5 Å². The standard InChI is InChI=1S/C16H17BrCl2N2/c1-2-8-20-15(14-7-6-12(17)10-21-14)9-11-4-3-5-13(18)16(11)19/h3-7,10,15,20H,2,8-9H2,1H3. The fraction of sp³-hybridized carbons (Fsp3) is 0.312. The average Bonchev–Trinajstić information content (AvgIpc) is 2.49. The third-order valence-electron chi connectivity index (χ3n) is 3.20. The minimum absolute atomic E-state index is 0.119.